The Hall–Kier alpha value is -0.700. The van der Waals surface area contributed by atoms with Crippen molar-refractivity contribution in [3.05, 3.63) is 12.5 Å². The Kier molecular flexibility index (Phi) is 10.7. The molecule has 0 aliphatic carbocycles. The maximum Gasteiger partial charge on any atom is 0.117 e. The van der Waals surface area contributed by atoms with Crippen molar-refractivity contribution < 1.29 is 14.6 Å². The van der Waals surface area contributed by atoms with Gasteiger partial charge in [-0.2, -0.15) is 0 Å². The Bertz CT molecular complexity index is 113. The lowest BCUT2D eigenvalue weighted by Crippen LogP contribution is -2.02. The quantitative estimate of drug-likeness (QED) is 0.446. The first kappa shape index (κ1) is 12.3. The lowest BCUT2D eigenvalue weighted by Gasteiger charge is -2.03. The van der Waals surface area contributed by atoms with Crippen LogP contribution in [0.1, 0.15) is 32.6 Å². The van der Waals surface area contributed by atoms with E-state index in [-0.39, 0.29) is 0 Å². The molecule has 0 unspecified atom stereocenters. The van der Waals surface area contributed by atoms with Gasteiger partial charge in [-0.05, 0) is 6.42 Å². The highest BCUT2D eigenvalue weighted by Crippen LogP contribution is 1.98. The van der Waals surface area contributed by atoms with E-state index in [1.165, 1.54) is 25.5 Å². The van der Waals surface area contributed by atoms with Crippen molar-refractivity contribution in [3.63, 3.8) is 0 Å². The van der Waals surface area contributed by atoms with Crippen LogP contribution in [0.2, 0.25) is 0 Å². The predicted octanol–water partition coefficient (Wildman–Crippen LogP) is 2.63. The van der Waals surface area contributed by atoms with E-state index in [1.54, 1.807) is 0 Å². The van der Waals surface area contributed by atoms with Gasteiger partial charge in [-0.1, -0.05) is 26.2 Å². The molecule has 0 aromatic carbocycles. The summed E-state index contributed by atoms with van der Waals surface area (Å²) in [5.74, 6) is 0. The first-order valence-electron chi connectivity index (χ1n) is 4.90. The lowest BCUT2D eigenvalue weighted by atomic mass is 10.2. The van der Waals surface area contributed by atoms with E-state index < -0.39 is 0 Å². The molecule has 0 atom stereocenters. The van der Waals surface area contributed by atoms with Gasteiger partial charge in [0.15, 0.2) is 0 Å². The van der Waals surface area contributed by atoms with Gasteiger partial charge in [-0.3, -0.25) is 0 Å². The van der Waals surface area contributed by atoms with E-state index in [4.69, 9.17) is 14.6 Å². The van der Waals surface area contributed by atoms with E-state index in [0.717, 1.165) is 19.3 Å². The summed E-state index contributed by atoms with van der Waals surface area (Å²) < 4.78 is 10.1. The fourth-order valence-corrected chi connectivity index (χ4v) is 0.951. The fraction of sp³-hybridized carbons (Fsp3) is 0.800. The molecule has 0 aromatic heterocycles. The summed E-state index contributed by atoms with van der Waals surface area (Å²) in [6, 6.07) is 0. The summed E-state index contributed by atoms with van der Waals surface area (Å²) in [4.78, 5) is 0. The third-order valence-electron chi connectivity index (χ3n) is 1.64. The molecule has 1 N–H and O–H groups in total. The highest BCUT2D eigenvalue weighted by Gasteiger charge is 1.89. The molecule has 0 bridgehead atoms. The van der Waals surface area contributed by atoms with Crippen LogP contribution in [-0.4, -0.2) is 24.9 Å². The van der Waals surface area contributed by atoms with E-state index >= 15 is 0 Å². The van der Waals surface area contributed by atoms with E-state index in [1.807, 2.05) is 0 Å². The zero-order chi connectivity index (χ0) is 9.78. The molecule has 0 fully saturated rings. The summed E-state index contributed by atoms with van der Waals surface area (Å²) in [5, 5.41) is 8.22. The molecule has 0 amide bonds. The Morgan fingerprint density at radius 1 is 1.08 bits per heavy atom. The third-order valence-corrected chi connectivity index (χ3v) is 1.64. The van der Waals surface area contributed by atoms with E-state index in [0.29, 0.717) is 13.2 Å². The SMILES string of the molecule is CCCCCCOCCOC=CO. The smallest absolute Gasteiger partial charge is 0.117 e. The molecule has 0 radical (unpaired) electrons. The highest BCUT2D eigenvalue weighted by molar-refractivity contribution is 4.56. The van der Waals surface area contributed by atoms with Crippen LogP contribution in [0.4, 0.5) is 0 Å². The first-order chi connectivity index (χ1) is 6.41. The van der Waals surface area contributed by atoms with Crippen LogP contribution in [0.3, 0.4) is 0 Å². The summed E-state index contributed by atoms with van der Waals surface area (Å²) in [7, 11) is 0. The number of ether oxygens (including phenoxy) is 2. The topological polar surface area (TPSA) is 38.7 Å². The van der Waals surface area contributed by atoms with Crippen molar-refractivity contribution in [1.29, 1.82) is 0 Å². The van der Waals surface area contributed by atoms with Gasteiger partial charge < -0.3 is 14.6 Å². The van der Waals surface area contributed by atoms with Gasteiger partial charge in [0.1, 0.15) is 19.1 Å². The molecular weight excluding hydrogens is 168 g/mol. The molecule has 3 nitrogen and oxygen atoms in total. The van der Waals surface area contributed by atoms with Gasteiger partial charge in [0.2, 0.25) is 0 Å². The molecule has 0 saturated heterocycles. The Morgan fingerprint density at radius 3 is 2.62 bits per heavy atom. The first-order valence-corrected chi connectivity index (χ1v) is 4.90. The second kappa shape index (κ2) is 11.3. The Balaban J connectivity index is 2.83. The number of aliphatic hydroxyl groups excluding tert-OH is 1. The van der Waals surface area contributed by atoms with Crippen molar-refractivity contribution in [3.8, 4) is 0 Å². The molecule has 0 spiro atoms. The molecule has 0 aromatic rings. The van der Waals surface area contributed by atoms with Crippen LogP contribution in [0.5, 0.6) is 0 Å². The fourth-order valence-electron chi connectivity index (χ4n) is 0.951. The van der Waals surface area contributed by atoms with E-state index in [9.17, 15) is 0 Å². The number of unbranched alkanes of at least 4 members (excludes halogenated alkanes) is 3. The van der Waals surface area contributed by atoms with Crippen LogP contribution < -0.4 is 0 Å². The second-order valence-corrected chi connectivity index (χ2v) is 2.83. The number of hydrogen-bond acceptors (Lipinski definition) is 3. The van der Waals surface area contributed by atoms with Crippen molar-refractivity contribution in [2.45, 2.75) is 32.6 Å². The summed E-state index contributed by atoms with van der Waals surface area (Å²) in [6.07, 6.45) is 7.04. The molecule has 0 heterocycles. The van der Waals surface area contributed by atoms with Gasteiger partial charge in [0, 0.05) is 6.61 Å². The molecular formula is C10H20O3. The Morgan fingerprint density at radius 2 is 1.92 bits per heavy atom. The van der Waals surface area contributed by atoms with Gasteiger partial charge in [-0.15, -0.1) is 0 Å². The van der Waals surface area contributed by atoms with Crippen LogP contribution in [0, 0.1) is 0 Å². The number of hydrogen-bond donors (Lipinski definition) is 1. The average Bonchev–Trinajstić information content (AvgIpc) is 2.16. The number of aliphatic hydroxyl groups is 1. The summed E-state index contributed by atoms with van der Waals surface area (Å²) in [6.45, 7) is 4.10. The zero-order valence-corrected chi connectivity index (χ0v) is 8.37. The minimum absolute atomic E-state index is 0.505. The van der Waals surface area contributed by atoms with Crippen LogP contribution in [0.25, 0.3) is 0 Å². The van der Waals surface area contributed by atoms with Gasteiger partial charge in [0.25, 0.3) is 0 Å². The number of rotatable bonds is 9. The van der Waals surface area contributed by atoms with Crippen molar-refractivity contribution in [2.24, 2.45) is 0 Å². The van der Waals surface area contributed by atoms with Crippen LogP contribution in [-0.2, 0) is 9.47 Å². The largest absolute Gasteiger partial charge is 0.512 e. The van der Waals surface area contributed by atoms with Crippen molar-refractivity contribution >= 4 is 0 Å². The van der Waals surface area contributed by atoms with E-state index in [2.05, 4.69) is 6.92 Å². The zero-order valence-electron chi connectivity index (χ0n) is 8.37. The van der Waals surface area contributed by atoms with Gasteiger partial charge >= 0.3 is 0 Å². The third kappa shape index (κ3) is 11.3. The summed E-state index contributed by atoms with van der Waals surface area (Å²) >= 11 is 0. The maximum atomic E-state index is 8.22. The lowest BCUT2D eigenvalue weighted by molar-refractivity contribution is 0.0811. The summed E-state index contributed by atoms with van der Waals surface area (Å²) in [5.41, 5.74) is 0. The molecule has 3 heteroatoms. The highest BCUT2D eigenvalue weighted by atomic mass is 16.5. The van der Waals surface area contributed by atoms with Gasteiger partial charge in [-0.25, -0.2) is 0 Å². The normalized spacial score (nSPS) is 10.8. The standard InChI is InChI=1S/C10H20O3/c1-2-3-4-5-7-12-9-10-13-8-6-11/h6,8,11H,2-5,7,9-10H2,1H3. The second-order valence-electron chi connectivity index (χ2n) is 2.83. The minimum Gasteiger partial charge on any atom is -0.512 e. The van der Waals surface area contributed by atoms with Crippen molar-refractivity contribution in [2.75, 3.05) is 19.8 Å². The maximum absolute atomic E-state index is 8.22. The van der Waals surface area contributed by atoms with Crippen molar-refractivity contribution in [1.82, 2.24) is 0 Å². The Labute approximate surface area is 80.4 Å². The minimum atomic E-state index is 0.505. The molecule has 0 saturated carbocycles. The predicted molar refractivity (Wildman–Crippen MR) is 52.7 cm³/mol. The van der Waals surface area contributed by atoms with Gasteiger partial charge in [0.05, 0.1) is 6.61 Å². The van der Waals surface area contributed by atoms with Crippen LogP contribution >= 0.6 is 0 Å². The molecule has 78 valence electrons. The molecule has 13 heavy (non-hydrogen) atoms. The average molecular weight is 188 g/mol. The molecule has 0 aliphatic heterocycles. The monoisotopic (exact) mass is 188 g/mol. The molecule has 0 rings (SSSR count). The molecule has 0 aliphatic rings. The van der Waals surface area contributed by atoms with Crippen LogP contribution in [0.15, 0.2) is 12.5 Å².